The van der Waals surface area contributed by atoms with E-state index in [1.807, 2.05) is 67.6 Å². The second-order valence-corrected chi connectivity index (χ2v) is 5.43. The Morgan fingerprint density at radius 3 is 2.32 bits per heavy atom. The summed E-state index contributed by atoms with van der Waals surface area (Å²) in [5, 5.41) is 2.82. The predicted octanol–water partition coefficient (Wildman–Crippen LogP) is 3.06. The van der Waals surface area contributed by atoms with Gasteiger partial charge in [0.05, 0.1) is 12.6 Å². The van der Waals surface area contributed by atoms with Crippen LogP contribution in [-0.2, 0) is 4.79 Å². The number of benzene rings is 2. The highest BCUT2D eigenvalue weighted by Crippen LogP contribution is 2.13. The second kappa shape index (κ2) is 8.20. The maximum atomic E-state index is 12.0. The first-order valence-electron chi connectivity index (χ1n) is 7.44. The Bertz CT molecular complexity index is 572. The van der Waals surface area contributed by atoms with Crippen LogP contribution in [0, 0.1) is 5.92 Å². The molecule has 0 aromatic heterocycles. The van der Waals surface area contributed by atoms with Gasteiger partial charge in [0.2, 0.25) is 5.91 Å². The second-order valence-electron chi connectivity index (χ2n) is 5.43. The molecule has 0 aliphatic heterocycles. The van der Waals surface area contributed by atoms with Gasteiger partial charge in [-0.2, -0.15) is 0 Å². The van der Waals surface area contributed by atoms with Crippen molar-refractivity contribution >= 4 is 11.6 Å². The topological polar surface area (TPSA) is 64.3 Å². The van der Waals surface area contributed by atoms with Gasteiger partial charge in [-0.1, -0.05) is 43.3 Å². The zero-order valence-electron chi connectivity index (χ0n) is 12.7. The molecule has 22 heavy (non-hydrogen) atoms. The van der Waals surface area contributed by atoms with E-state index in [2.05, 4.69) is 5.32 Å². The highest BCUT2D eigenvalue weighted by atomic mass is 16.5. The minimum atomic E-state index is -0.547. The van der Waals surface area contributed by atoms with E-state index < -0.39 is 6.04 Å². The number of hydrogen-bond acceptors (Lipinski definition) is 3. The molecule has 4 heteroatoms. The number of rotatable bonds is 7. The van der Waals surface area contributed by atoms with Crippen molar-refractivity contribution in [2.24, 2.45) is 11.7 Å². The molecule has 2 aromatic rings. The molecule has 2 rings (SSSR count). The van der Waals surface area contributed by atoms with Crippen LogP contribution in [0.25, 0.3) is 0 Å². The normalized spacial score (nSPS) is 13.2. The van der Waals surface area contributed by atoms with Gasteiger partial charge >= 0.3 is 0 Å². The molecule has 1 amide bonds. The van der Waals surface area contributed by atoms with Crippen molar-refractivity contribution in [1.29, 1.82) is 0 Å². The molecule has 2 aromatic carbocycles. The van der Waals surface area contributed by atoms with Crippen molar-refractivity contribution in [2.45, 2.75) is 19.4 Å². The molecule has 0 heterocycles. The summed E-state index contributed by atoms with van der Waals surface area (Å²) in [6.45, 7) is 2.56. The molecular weight excluding hydrogens is 276 g/mol. The van der Waals surface area contributed by atoms with E-state index in [-0.39, 0.29) is 11.8 Å². The highest BCUT2D eigenvalue weighted by molar-refractivity contribution is 5.94. The molecule has 116 valence electrons. The van der Waals surface area contributed by atoms with Crippen molar-refractivity contribution in [3.05, 3.63) is 60.7 Å². The third kappa shape index (κ3) is 5.22. The predicted molar refractivity (Wildman–Crippen MR) is 88.8 cm³/mol. The summed E-state index contributed by atoms with van der Waals surface area (Å²) < 4.78 is 5.68. The van der Waals surface area contributed by atoms with E-state index in [0.717, 1.165) is 11.4 Å². The lowest BCUT2D eigenvalue weighted by Gasteiger charge is -2.17. The van der Waals surface area contributed by atoms with Gasteiger partial charge in [-0.05, 0) is 36.6 Å². The summed E-state index contributed by atoms with van der Waals surface area (Å²) in [6, 6.07) is 18.4. The lowest BCUT2D eigenvalue weighted by Crippen LogP contribution is -2.37. The van der Waals surface area contributed by atoms with Crippen LogP contribution >= 0.6 is 0 Å². The molecule has 0 fully saturated rings. The van der Waals surface area contributed by atoms with Crippen LogP contribution in [-0.4, -0.2) is 18.6 Å². The number of carbonyl (C=O) groups is 1. The van der Waals surface area contributed by atoms with E-state index in [0.29, 0.717) is 13.0 Å². The van der Waals surface area contributed by atoms with E-state index >= 15 is 0 Å². The summed E-state index contributed by atoms with van der Waals surface area (Å²) in [5.41, 5.74) is 6.73. The molecule has 3 N–H and O–H groups in total. The first-order chi connectivity index (χ1) is 10.6. The van der Waals surface area contributed by atoms with Gasteiger partial charge in [0.1, 0.15) is 5.75 Å². The monoisotopic (exact) mass is 298 g/mol. The Hall–Kier alpha value is -2.33. The highest BCUT2D eigenvalue weighted by Gasteiger charge is 2.17. The van der Waals surface area contributed by atoms with Crippen LogP contribution in [0.5, 0.6) is 5.75 Å². The van der Waals surface area contributed by atoms with E-state index in [1.54, 1.807) is 0 Å². The molecular formula is C18H22N2O2. The Kier molecular flexibility index (Phi) is 5.98. The lowest BCUT2D eigenvalue weighted by molar-refractivity contribution is -0.117. The molecule has 0 bridgehead atoms. The molecule has 0 aliphatic carbocycles. The maximum absolute atomic E-state index is 12.0. The van der Waals surface area contributed by atoms with Gasteiger partial charge in [-0.3, -0.25) is 4.79 Å². The van der Waals surface area contributed by atoms with Crippen LogP contribution in [0.3, 0.4) is 0 Å². The molecule has 0 spiro atoms. The van der Waals surface area contributed by atoms with Crippen molar-refractivity contribution in [3.63, 3.8) is 0 Å². The van der Waals surface area contributed by atoms with Gasteiger partial charge in [0.25, 0.3) is 0 Å². The summed E-state index contributed by atoms with van der Waals surface area (Å²) in [4.78, 5) is 12.0. The average Bonchev–Trinajstić information content (AvgIpc) is 2.55. The number of amides is 1. The van der Waals surface area contributed by atoms with Crippen molar-refractivity contribution in [1.82, 2.24) is 0 Å². The summed E-state index contributed by atoms with van der Waals surface area (Å²) in [6.07, 6.45) is 0.575. The Balaban J connectivity index is 1.75. The molecule has 0 saturated carbocycles. The van der Waals surface area contributed by atoms with Crippen LogP contribution < -0.4 is 15.8 Å². The fourth-order valence-electron chi connectivity index (χ4n) is 2.12. The van der Waals surface area contributed by atoms with E-state index in [4.69, 9.17) is 10.5 Å². The fraction of sp³-hybridized carbons (Fsp3) is 0.278. The zero-order valence-corrected chi connectivity index (χ0v) is 12.7. The average molecular weight is 298 g/mol. The Morgan fingerprint density at radius 2 is 1.68 bits per heavy atom. The molecule has 0 radical (unpaired) electrons. The summed E-state index contributed by atoms with van der Waals surface area (Å²) >= 11 is 0. The Morgan fingerprint density at radius 1 is 1.09 bits per heavy atom. The molecule has 0 aliphatic rings. The first-order valence-corrected chi connectivity index (χ1v) is 7.44. The number of hydrogen-bond donors (Lipinski definition) is 2. The van der Waals surface area contributed by atoms with Gasteiger partial charge in [0.15, 0.2) is 0 Å². The smallest absolute Gasteiger partial charge is 0.241 e. The van der Waals surface area contributed by atoms with Gasteiger partial charge in [-0.15, -0.1) is 0 Å². The quantitative estimate of drug-likeness (QED) is 0.825. The summed E-state index contributed by atoms with van der Waals surface area (Å²) in [7, 11) is 0. The Labute approximate surface area is 131 Å². The van der Waals surface area contributed by atoms with Gasteiger partial charge in [-0.25, -0.2) is 0 Å². The SMILES string of the molecule is CC(COc1ccccc1)CC(N)C(=O)Nc1ccccc1. The van der Waals surface area contributed by atoms with Crippen LogP contribution in [0.1, 0.15) is 13.3 Å². The molecule has 2 atom stereocenters. The number of ether oxygens (including phenoxy) is 1. The first kappa shape index (κ1) is 16.0. The number of carbonyl (C=O) groups excluding carboxylic acids is 1. The van der Waals surface area contributed by atoms with Gasteiger partial charge < -0.3 is 15.8 Å². The van der Waals surface area contributed by atoms with Crippen LogP contribution in [0.4, 0.5) is 5.69 Å². The van der Waals surface area contributed by atoms with Gasteiger partial charge in [0, 0.05) is 5.69 Å². The number of nitrogens with one attached hydrogen (secondary N) is 1. The van der Waals surface area contributed by atoms with Crippen molar-refractivity contribution < 1.29 is 9.53 Å². The van der Waals surface area contributed by atoms with Crippen LogP contribution in [0.15, 0.2) is 60.7 Å². The minimum Gasteiger partial charge on any atom is -0.493 e. The zero-order chi connectivity index (χ0) is 15.8. The van der Waals surface area contributed by atoms with E-state index in [9.17, 15) is 4.79 Å². The fourth-order valence-corrected chi connectivity index (χ4v) is 2.12. The van der Waals surface area contributed by atoms with Crippen molar-refractivity contribution in [3.8, 4) is 5.75 Å². The standard InChI is InChI=1S/C18H22N2O2/c1-14(13-22-16-10-6-3-7-11-16)12-17(19)18(21)20-15-8-4-2-5-9-15/h2-11,14,17H,12-13,19H2,1H3,(H,20,21). The number of anilines is 1. The number of para-hydroxylation sites is 2. The molecule has 0 saturated heterocycles. The summed E-state index contributed by atoms with van der Waals surface area (Å²) in [5.74, 6) is 0.853. The molecule has 4 nitrogen and oxygen atoms in total. The van der Waals surface area contributed by atoms with Crippen molar-refractivity contribution in [2.75, 3.05) is 11.9 Å². The minimum absolute atomic E-state index is 0.169. The third-order valence-electron chi connectivity index (χ3n) is 3.31. The maximum Gasteiger partial charge on any atom is 0.241 e. The third-order valence-corrected chi connectivity index (χ3v) is 3.31. The number of nitrogens with two attached hydrogens (primary N) is 1. The largest absolute Gasteiger partial charge is 0.493 e. The molecule has 2 unspecified atom stereocenters. The van der Waals surface area contributed by atoms with E-state index in [1.165, 1.54) is 0 Å². The lowest BCUT2D eigenvalue weighted by atomic mass is 10.0. The van der Waals surface area contributed by atoms with Crippen LogP contribution in [0.2, 0.25) is 0 Å².